The van der Waals surface area contributed by atoms with Gasteiger partial charge in [-0.05, 0) is 52.2 Å². The number of halogens is 1. The van der Waals surface area contributed by atoms with E-state index in [0.717, 1.165) is 10.9 Å². The molecule has 0 amide bonds. The van der Waals surface area contributed by atoms with Gasteiger partial charge in [0, 0.05) is 22.9 Å². The maximum absolute atomic E-state index is 6.42. The third kappa shape index (κ3) is 3.29. The van der Waals surface area contributed by atoms with E-state index in [1.807, 2.05) is 12.4 Å². The normalized spacial score (nSPS) is 21.1. The van der Waals surface area contributed by atoms with Gasteiger partial charge in [-0.25, -0.2) is 0 Å². The van der Waals surface area contributed by atoms with Crippen molar-refractivity contribution >= 4 is 15.9 Å². The maximum Gasteiger partial charge on any atom is 0.0410 e. The Balaban J connectivity index is 2.02. The van der Waals surface area contributed by atoms with Gasteiger partial charge in [-0.3, -0.25) is 4.98 Å². The molecule has 0 aromatic carbocycles. The van der Waals surface area contributed by atoms with Crippen molar-refractivity contribution in [3.63, 3.8) is 0 Å². The molecule has 1 saturated carbocycles. The molecule has 17 heavy (non-hydrogen) atoms. The van der Waals surface area contributed by atoms with Gasteiger partial charge < -0.3 is 5.73 Å². The number of nitrogens with zero attached hydrogens (tertiary/aromatic N) is 1. The molecule has 1 fully saturated rings. The Morgan fingerprint density at radius 3 is 2.71 bits per heavy atom. The van der Waals surface area contributed by atoms with Crippen molar-refractivity contribution in [3.05, 3.63) is 28.5 Å². The minimum Gasteiger partial charge on any atom is -0.327 e. The van der Waals surface area contributed by atoms with E-state index in [2.05, 4.69) is 33.9 Å². The van der Waals surface area contributed by atoms with Crippen LogP contribution < -0.4 is 5.73 Å². The van der Waals surface area contributed by atoms with Crippen LogP contribution in [0.25, 0.3) is 0 Å². The quantitative estimate of drug-likeness (QED) is 0.924. The molecular formula is C14H21BrN2. The molecule has 0 radical (unpaired) electrons. The first-order valence-corrected chi connectivity index (χ1v) is 7.24. The van der Waals surface area contributed by atoms with Crippen molar-refractivity contribution in [2.24, 2.45) is 11.1 Å². The number of pyridine rings is 1. The molecule has 1 aromatic rings. The van der Waals surface area contributed by atoms with Crippen LogP contribution in [0.2, 0.25) is 0 Å². The van der Waals surface area contributed by atoms with Crippen LogP contribution in [0.5, 0.6) is 0 Å². The summed E-state index contributed by atoms with van der Waals surface area (Å²) in [5, 5.41) is 0. The molecule has 0 bridgehead atoms. The molecule has 1 heterocycles. The predicted molar refractivity (Wildman–Crippen MR) is 74.8 cm³/mol. The molecule has 1 unspecified atom stereocenters. The summed E-state index contributed by atoms with van der Waals surface area (Å²) >= 11 is 3.46. The second-order valence-corrected chi connectivity index (χ2v) is 6.45. The van der Waals surface area contributed by atoms with Crippen molar-refractivity contribution in [1.29, 1.82) is 0 Å². The Labute approximate surface area is 112 Å². The molecule has 1 atom stereocenters. The smallest absolute Gasteiger partial charge is 0.0410 e. The number of nitrogens with two attached hydrogens (primary N) is 1. The van der Waals surface area contributed by atoms with Crippen molar-refractivity contribution in [1.82, 2.24) is 4.98 Å². The lowest BCUT2D eigenvalue weighted by Gasteiger charge is -2.39. The predicted octanol–water partition coefficient (Wildman–Crippen LogP) is 3.68. The highest BCUT2D eigenvalue weighted by atomic mass is 79.9. The van der Waals surface area contributed by atoms with Crippen LogP contribution in [-0.2, 0) is 6.42 Å². The van der Waals surface area contributed by atoms with Gasteiger partial charge in [0.2, 0.25) is 0 Å². The van der Waals surface area contributed by atoms with Crippen molar-refractivity contribution in [3.8, 4) is 0 Å². The van der Waals surface area contributed by atoms with Gasteiger partial charge in [-0.1, -0.05) is 26.2 Å². The standard InChI is InChI=1S/C14H21BrN2/c1-14(5-3-2-4-6-14)13(16)8-11-7-12(15)10-17-9-11/h7,9-10,13H,2-6,8,16H2,1H3. The largest absolute Gasteiger partial charge is 0.327 e. The summed E-state index contributed by atoms with van der Waals surface area (Å²) in [7, 11) is 0. The van der Waals surface area contributed by atoms with Crippen LogP contribution >= 0.6 is 15.9 Å². The number of rotatable bonds is 3. The molecule has 0 saturated heterocycles. The van der Waals surface area contributed by atoms with Crippen molar-refractivity contribution in [2.45, 2.75) is 51.5 Å². The number of hydrogen-bond donors (Lipinski definition) is 1. The summed E-state index contributed by atoms with van der Waals surface area (Å²) < 4.78 is 1.04. The summed E-state index contributed by atoms with van der Waals surface area (Å²) in [6, 6.07) is 2.37. The van der Waals surface area contributed by atoms with E-state index in [1.54, 1.807) is 0 Å². The molecule has 0 aliphatic heterocycles. The lowest BCUT2D eigenvalue weighted by molar-refractivity contribution is 0.168. The van der Waals surface area contributed by atoms with Gasteiger partial charge in [-0.15, -0.1) is 0 Å². The Bertz CT molecular complexity index is 372. The highest BCUT2D eigenvalue weighted by Gasteiger charge is 2.33. The fourth-order valence-electron chi connectivity index (χ4n) is 2.80. The molecule has 1 aromatic heterocycles. The van der Waals surface area contributed by atoms with Crippen LogP contribution in [-0.4, -0.2) is 11.0 Å². The van der Waals surface area contributed by atoms with Crippen LogP contribution in [0.1, 0.15) is 44.6 Å². The molecule has 2 N–H and O–H groups in total. The summed E-state index contributed by atoms with van der Waals surface area (Å²) in [6.45, 7) is 2.35. The number of hydrogen-bond acceptors (Lipinski definition) is 2. The first-order valence-electron chi connectivity index (χ1n) is 6.45. The SMILES string of the molecule is CC1(C(N)Cc2cncc(Br)c2)CCCCC1. The number of aromatic nitrogens is 1. The molecule has 1 aliphatic carbocycles. The second kappa shape index (κ2) is 5.49. The molecule has 0 spiro atoms. The van der Waals surface area contributed by atoms with E-state index in [-0.39, 0.29) is 6.04 Å². The third-order valence-corrected chi connectivity index (χ3v) is 4.54. The molecule has 94 valence electrons. The Morgan fingerprint density at radius 2 is 2.06 bits per heavy atom. The topological polar surface area (TPSA) is 38.9 Å². The van der Waals surface area contributed by atoms with Gasteiger partial charge in [-0.2, -0.15) is 0 Å². The van der Waals surface area contributed by atoms with E-state index in [1.165, 1.54) is 37.7 Å². The molecular weight excluding hydrogens is 276 g/mol. The first-order chi connectivity index (χ1) is 8.10. The van der Waals surface area contributed by atoms with Crippen LogP contribution in [0.4, 0.5) is 0 Å². The van der Waals surface area contributed by atoms with Gasteiger partial charge >= 0.3 is 0 Å². The van der Waals surface area contributed by atoms with E-state index >= 15 is 0 Å². The lowest BCUT2D eigenvalue weighted by Crippen LogP contribution is -2.42. The summed E-state index contributed by atoms with van der Waals surface area (Å²) in [5.41, 5.74) is 7.98. The monoisotopic (exact) mass is 296 g/mol. The highest BCUT2D eigenvalue weighted by Crippen LogP contribution is 2.38. The van der Waals surface area contributed by atoms with E-state index in [0.29, 0.717) is 5.41 Å². The van der Waals surface area contributed by atoms with Crippen molar-refractivity contribution < 1.29 is 0 Å². The highest BCUT2D eigenvalue weighted by molar-refractivity contribution is 9.10. The van der Waals surface area contributed by atoms with Gasteiger partial charge in [0.25, 0.3) is 0 Å². The van der Waals surface area contributed by atoms with E-state index < -0.39 is 0 Å². The zero-order chi connectivity index (χ0) is 12.3. The average molecular weight is 297 g/mol. The molecule has 2 rings (SSSR count). The minimum absolute atomic E-state index is 0.249. The third-order valence-electron chi connectivity index (χ3n) is 4.11. The van der Waals surface area contributed by atoms with E-state index in [4.69, 9.17) is 5.73 Å². The summed E-state index contributed by atoms with van der Waals surface area (Å²) in [5.74, 6) is 0. The Hall–Kier alpha value is -0.410. The minimum atomic E-state index is 0.249. The zero-order valence-electron chi connectivity index (χ0n) is 10.5. The average Bonchev–Trinajstić information content (AvgIpc) is 2.30. The van der Waals surface area contributed by atoms with E-state index in [9.17, 15) is 0 Å². The Kier molecular flexibility index (Phi) is 4.21. The Morgan fingerprint density at radius 1 is 1.35 bits per heavy atom. The van der Waals surface area contributed by atoms with Gasteiger partial charge in [0.05, 0.1) is 0 Å². The molecule has 2 nitrogen and oxygen atoms in total. The van der Waals surface area contributed by atoms with Gasteiger partial charge in [0.1, 0.15) is 0 Å². The zero-order valence-corrected chi connectivity index (χ0v) is 12.0. The maximum atomic E-state index is 6.42. The molecule has 1 aliphatic rings. The van der Waals surface area contributed by atoms with Crippen molar-refractivity contribution in [2.75, 3.05) is 0 Å². The van der Waals surface area contributed by atoms with Crippen LogP contribution in [0.3, 0.4) is 0 Å². The summed E-state index contributed by atoms with van der Waals surface area (Å²) in [4.78, 5) is 4.20. The molecule has 3 heteroatoms. The fourth-order valence-corrected chi connectivity index (χ4v) is 3.21. The van der Waals surface area contributed by atoms with Gasteiger partial charge in [0.15, 0.2) is 0 Å². The summed E-state index contributed by atoms with van der Waals surface area (Å²) in [6.07, 6.45) is 11.3. The second-order valence-electron chi connectivity index (χ2n) is 5.54. The van der Waals surface area contributed by atoms with Crippen LogP contribution in [0.15, 0.2) is 22.9 Å². The lowest BCUT2D eigenvalue weighted by atomic mass is 9.69. The fraction of sp³-hybridized carbons (Fsp3) is 0.643. The first kappa shape index (κ1) is 13.0. The van der Waals surface area contributed by atoms with Crippen LogP contribution in [0, 0.1) is 5.41 Å².